The minimum absolute atomic E-state index is 0.676. The van der Waals surface area contributed by atoms with Gasteiger partial charge in [-0.25, -0.2) is 0 Å². The van der Waals surface area contributed by atoms with Crippen molar-refractivity contribution >= 4 is 17.3 Å². The van der Waals surface area contributed by atoms with Gasteiger partial charge in [0.2, 0.25) is 0 Å². The highest BCUT2D eigenvalue weighted by molar-refractivity contribution is 6.30. The van der Waals surface area contributed by atoms with E-state index in [9.17, 15) is 0 Å². The molecule has 2 nitrogen and oxygen atoms in total. The van der Waals surface area contributed by atoms with Crippen LogP contribution in [-0.2, 0) is 6.54 Å². The number of benzene rings is 2. The van der Waals surface area contributed by atoms with Crippen LogP contribution < -0.4 is 4.90 Å². The van der Waals surface area contributed by atoms with Gasteiger partial charge in [0, 0.05) is 24.3 Å². The SMILES string of the molecule is CN(Cc1ccc(Cl)cc1)c1cccc(C#N)c1. The minimum atomic E-state index is 0.676. The van der Waals surface area contributed by atoms with E-state index in [-0.39, 0.29) is 0 Å². The molecule has 0 aromatic heterocycles. The molecule has 18 heavy (non-hydrogen) atoms. The van der Waals surface area contributed by atoms with Crippen molar-refractivity contribution in [1.29, 1.82) is 5.26 Å². The maximum atomic E-state index is 8.88. The molecule has 2 aromatic carbocycles. The van der Waals surface area contributed by atoms with E-state index in [1.165, 1.54) is 5.56 Å². The van der Waals surface area contributed by atoms with E-state index in [0.29, 0.717) is 5.56 Å². The molecule has 0 fully saturated rings. The summed E-state index contributed by atoms with van der Waals surface area (Å²) in [4.78, 5) is 2.10. The van der Waals surface area contributed by atoms with Gasteiger partial charge in [0.1, 0.15) is 0 Å². The van der Waals surface area contributed by atoms with Crippen molar-refractivity contribution in [1.82, 2.24) is 0 Å². The number of anilines is 1. The third-order valence-corrected chi connectivity index (χ3v) is 3.00. The molecular formula is C15H13ClN2. The predicted octanol–water partition coefficient (Wildman–Crippen LogP) is 3.85. The van der Waals surface area contributed by atoms with Crippen molar-refractivity contribution in [2.75, 3.05) is 11.9 Å². The zero-order valence-electron chi connectivity index (χ0n) is 10.1. The van der Waals surface area contributed by atoms with E-state index in [1.54, 1.807) is 6.07 Å². The lowest BCUT2D eigenvalue weighted by atomic mass is 10.1. The van der Waals surface area contributed by atoms with Crippen molar-refractivity contribution in [2.45, 2.75) is 6.54 Å². The number of nitrogens with zero attached hydrogens (tertiary/aromatic N) is 2. The van der Waals surface area contributed by atoms with Gasteiger partial charge >= 0.3 is 0 Å². The molecular weight excluding hydrogens is 244 g/mol. The minimum Gasteiger partial charge on any atom is -0.370 e. The monoisotopic (exact) mass is 256 g/mol. The fourth-order valence-corrected chi connectivity index (χ4v) is 1.89. The van der Waals surface area contributed by atoms with E-state index in [4.69, 9.17) is 16.9 Å². The third-order valence-electron chi connectivity index (χ3n) is 2.75. The first-order valence-electron chi connectivity index (χ1n) is 5.65. The standard InChI is InChI=1S/C15H13ClN2/c1-18(11-12-5-7-14(16)8-6-12)15-4-2-3-13(9-15)10-17/h2-9H,11H2,1H3. The average Bonchev–Trinajstić information content (AvgIpc) is 2.41. The fourth-order valence-electron chi connectivity index (χ4n) is 1.77. The van der Waals surface area contributed by atoms with Crippen LogP contribution in [0.25, 0.3) is 0 Å². The lowest BCUT2D eigenvalue weighted by Gasteiger charge is -2.19. The quantitative estimate of drug-likeness (QED) is 0.834. The molecule has 0 radical (unpaired) electrons. The van der Waals surface area contributed by atoms with E-state index >= 15 is 0 Å². The first kappa shape index (κ1) is 12.5. The van der Waals surface area contributed by atoms with Gasteiger partial charge in [-0.05, 0) is 35.9 Å². The summed E-state index contributed by atoms with van der Waals surface area (Å²) < 4.78 is 0. The van der Waals surface area contributed by atoms with Crippen LogP contribution in [0.4, 0.5) is 5.69 Å². The summed E-state index contributed by atoms with van der Waals surface area (Å²) in [5, 5.41) is 9.62. The van der Waals surface area contributed by atoms with Gasteiger partial charge in [-0.3, -0.25) is 0 Å². The van der Waals surface area contributed by atoms with Crippen molar-refractivity contribution in [3.63, 3.8) is 0 Å². The van der Waals surface area contributed by atoms with Gasteiger partial charge in [0.05, 0.1) is 11.6 Å². The summed E-state index contributed by atoms with van der Waals surface area (Å²) in [6.07, 6.45) is 0. The topological polar surface area (TPSA) is 27.0 Å². The van der Waals surface area contributed by atoms with Crippen LogP contribution in [0.2, 0.25) is 5.02 Å². The Labute approximate surface area is 112 Å². The Kier molecular flexibility index (Phi) is 3.86. The summed E-state index contributed by atoms with van der Waals surface area (Å²) >= 11 is 5.86. The van der Waals surface area contributed by atoms with E-state index in [0.717, 1.165) is 17.3 Å². The van der Waals surface area contributed by atoms with Gasteiger partial charge in [-0.15, -0.1) is 0 Å². The average molecular weight is 257 g/mol. The Morgan fingerprint density at radius 2 is 1.89 bits per heavy atom. The lowest BCUT2D eigenvalue weighted by molar-refractivity contribution is 0.923. The molecule has 3 heteroatoms. The maximum absolute atomic E-state index is 8.88. The second-order valence-corrected chi connectivity index (χ2v) is 4.58. The van der Waals surface area contributed by atoms with Gasteiger partial charge in [0.25, 0.3) is 0 Å². The van der Waals surface area contributed by atoms with Crippen LogP contribution in [0.1, 0.15) is 11.1 Å². The van der Waals surface area contributed by atoms with Crippen molar-refractivity contribution in [2.24, 2.45) is 0 Å². The largest absolute Gasteiger partial charge is 0.370 e. The molecule has 90 valence electrons. The number of hydrogen-bond donors (Lipinski definition) is 0. The maximum Gasteiger partial charge on any atom is 0.0992 e. The molecule has 0 saturated heterocycles. The van der Waals surface area contributed by atoms with Crippen LogP contribution in [0.3, 0.4) is 0 Å². The van der Waals surface area contributed by atoms with Crippen LogP contribution in [0, 0.1) is 11.3 Å². The highest BCUT2D eigenvalue weighted by Gasteiger charge is 2.03. The molecule has 2 aromatic rings. The highest BCUT2D eigenvalue weighted by atomic mass is 35.5. The molecule has 0 aliphatic rings. The summed E-state index contributed by atoms with van der Waals surface area (Å²) in [5.74, 6) is 0. The Balaban J connectivity index is 2.14. The van der Waals surface area contributed by atoms with Crippen molar-refractivity contribution in [3.8, 4) is 6.07 Å². The first-order chi connectivity index (χ1) is 8.69. The molecule has 0 spiro atoms. The predicted molar refractivity (Wildman–Crippen MR) is 74.7 cm³/mol. The fraction of sp³-hybridized carbons (Fsp3) is 0.133. The number of hydrogen-bond acceptors (Lipinski definition) is 2. The van der Waals surface area contributed by atoms with E-state index < -0.39 is 0 Å². The third kappa shape index (κ3) is 3.03. The molecule has 0 amide bonds. The van der Waals surface area contributed by atoms with Crippen LogP contribution in [-0.4, -0.2) is 7.05 Å². The normalized spacial score (nSPS) is 9.83. The number of nitriles is 1. The summed E-state index contributed by atoms with van der Waals surface area (Å²) in [6.45, 7) is 0.784. The molecule has 0 saturated carbocycles. The smallest absolute Gasteiger partial charge is 0.0992 e. The number of rotatable bonds is 3. The van der Waals surface area contributed by atoms with E-state index in [1.807, 2.05) is 49.5 Å². The molecule has 2 rings (SSSR count). The Morgan fingerprint density at radius 1 is 1.17 bits per heavy atom. The Morgan fingerprint density at radius 3 is 2.56 bits per heavy atom. The lowest BCUT2D eigenvalue weighted by Crippen LogP contribution is -2.16. The van der Waals surface area contributed by atoms with Gasteiger partial charge in [0.15, 0.2) is 0 Å². The van der Waals surface area contributed by atoms with Gasteiger partial charge in [-0.1, -0.05) is 29.8 Å². The van der Waals surface area contributed by atoms with E-state index in [2.05, 4.69) is 11.0 Å². The zero-order chi connectivity index (χ0) is 13.0. The van der Waals surface area contributed by atoms with Crippen LogP contribution >= 0.6 is 11.6 Å². The highest BCUT2D eigenvalue weighted by Crippen LogP contribution is 2.18. The number of halogens is 1. The van der Waals surface area contributed by atoms with Crippen LogP contribution in [0.5, 0.6) is 0 Å². The second kappa shape index (κ2) is 5.57. The molecule has 0 unspecified atom stereocenters. The molecule has 0 aliphatic heterocycles. The molecule has 0 heterocycles. The van der Waals surface area contributed by atoms with Crippen molar-refractivity contribution < 1.29 is 0 Å². The molecule has 0 atom stereocenters. The van der Waals surface area contributed by atoms with Crippen molar-refractivity contribution in [3.05, 3.63) is 64.7 Å². The van der Waals surface area contributed by atoms with Gasteiger partial charge < -0.3 is 4.90 Å². The zero-order valence-corrected chi connectivity index (χ0v) is 10.9. The second-order valence-electron chi connectivity index (χ2n) is 4.14. The van der Waals surface area contributed by atoms with Gasteiger partial charge in [-0.2, -0.15) is 5.26 Å². The summed E-state index contributed by atoms with van der Waals surface area (Å²) in [7, 11) is 2.01. The summed E-state index contributed by atoms with van der Waals surface area (Å²) in [5.41, 5.74) is 2.89. The van der Waals surface area contributed by atoms with Crippen LogP contribution in [0.15, 0.2) is 48.5 Å². The molecule has 0 bridgehead atoms. The molecule has 0 aliphatic carbocycles. The summed E-state index contributed by atoms with van der Waals surface area (Å²) in [6, 6.07) is 17.5. The Bertz CT molecular complexity index is 570. The molecule has 0 N–H and O–H groups in total. The Hall–Kier alpha value is -1.98. The first-order valence-corrected chi connectivity index (χ1v) is 6.02.